The predicted molar refractivity (Wildman–Crippen MR) is 69.0 cm³/mol. The lowest BCUT2D eigenvalue weighted by atomic mass is 9.97. The van der Waals surface area contributed by atoms with Crippen LogP contribution >= 0.6 is 11.6 Å². The summed E-state index contributed by atoms with van der Waals surface area (Å²) >= 11 is 5.74. The maximum atomic E-state index is 5.74. The van der Waals surface area contributed by atoms with E-state index in [1.54, 1.807) is 0 Å². The highest BCUT2D eigenvalue weighted by atomic mass is 35.5. The van der Waals surface area contributed by atoms with Crippen molar-refractivity contribution in [3.63, 3.8) is 0 Å². The summed E-state index contributed by atoms with van der Waals surface area (Å²) < 4.78 is 0. The van der Waals surface area contributed by atoms with Gasteiger partial charge in [-0.05, 0) is 24.4 Å². The first-order valence-corrected chi connectivity index (χ1v) is 6.55. The molecule has 1 aliphatic carbocycles. The largest absolute Gasteiger partial charge is 0.368 e. The SMILES string of the molecule is Nc1nc(Cl)nc(NC2CCCCCCC2)n1. The van der Waals surface area contributed by atoms with Crippen molar-refractivity contribution in [1.82, 2.24) is 15.0 Å². The van der Waals surface area contributed by atoms with Crippen LogP contribution in [0.4, 0.5) is 11.9 Å². The van der Waals surface area contributed by atoms with E-state index in [-0.39, 0.29) is 11.2 Å². The molecule has 1 fully saturated rings. The maximum absolute atomic E-state index is 5.74. The third kappa shape index (κ3) is 4.00. The van der Waals surface area contributed by atoms with E-state index < -0.39 is 0 Å². The van der Waals surface area contributed by atoms with Crippen LogP contribution in [-0.4, -0.2) is 21.0 Å². The Morgan fingerprint density at radius 3 is 2.29 bits per heavy atom. The molecule has 0 aliphatic heterocycles. The number of hydrogen-bond acceptors (Lipinski definition) is 5. The van der Waals surface area contributed by atoms with Crippen LogP contribution in [0, 0.1) is 0 Å². The minimum Gasteiger partial charge on any atom is -0.368 e. The van der Waals surface area contributed by atoms with E-state index in [1.165, 1.54) is 32.1 Å². The second-order valence-electron chi connectivity index (χ2n) is 4.47. The molecule has 2 rings (SSSR count). The molecule has 17 heavy (non-hydrogen) atoms. The molecule has 1 aliphatic rings. The molecule has 1 aromatic heterocycles. The van der Waals surface area contributed by atoms with Crippen LogP contribution in [0.1, 0.15) is 44.9 Å². The minimum absolute atomic E-state index is 0.144. The van der Waals surface area contributed by atoms with Gasteiger partial charge in [-0.3, -0.25) is 0 Å². The summed E-state index contributed by atoms with van der Waals surface area (Å²) in [5, 5.41) is 3.45. The van der Waals surface area contributed by atoms with Gasteiger partial charge in [0.05, 0.1) is 0 Å². The molecular weight excluding hydrogens is 238 g/mol. The first-order chi connectivity index (χ1) is 8.24. The Morgan fingerprint density at radius 1 is 1.00 bits per heavy atom. The van der Waals surface area contributed by atoms with Gasteiger partial charge in [0.1, 0.15) is 0 Å². The summed E-state index contributed by atoms with van der Waals surface area (Å²) in [6, 6.07) is 0.424. The van der Waals surface area contributed by atoms with Gasteiger partial charge in [0.2, 0.25) is 17.2 Å². The van der Waals surface area contributed by atoms with Gasteiger partial charge < -0.3 is 11.1 Å². The second-order valence-corrected chi connectivity index (χ2v) is 4.81. The number of halogens is 1. The molecule has 0 atom stereocenters. The van der Waals surface area contributed by atoms with Gasteiger partial charge in [0.15, 0.2) is 0 Å². The van der Waals surface area contributed by atoms with Crippen LogP contribution in [0.3, 0.4) is 0 Å². The van der Waals surface area contributed by atoms with Crippen LogP contribution in [0.25, 0.3) is 0 Å². The fraction of sp³-hybridized carbons (Fsp3) is 0.727. The van der Waals surface area contributed by atoms with E-state index in [0.717, 1.165) is 12.8 Å². The van der Waals surface area contributed by atoms with Crippen molar-refractivity contribution >= 4 is 23.5 Å². The monoisotopic (exact) mass is 255 g/mol. The quantitative estimate of drug-likeness (QED) is 0.850. The second kappa shape index (κ2) is 6.00. The maximum Gasteiger partial charge on any atom is 0.229 e. The molecule has 0 unspecified atom stereocenters. The van der Waals surface area contributed by atoms with Crippen molar-refractivity contribution in [2.75, 3.05) is 11.1 Å². The normalized spacial score (nSPS) is 18.4. The number of aromatic nitrogens is 3. The highest BCUT2D eigenvalue weighted by Gasteiger charge is 2.13. The zero-order valence-electron chi connectivity index (χ0n) is 9.82. The Kier molecular flexibility index (Phi) is 4.36. The van der Waals surface area contributed by atoms with Crippen LogP contribution in [0.5, 0.6) is 0 Å². The molecule has 0 saturated heterocycles. The molecule has 0 radical (unpaired) electrons. The van der Waals surface area contributed by atoms with E-state index in [1.807, 2.05) is 0 Å². The van der Waals surface area contributed by atoms with Crippen molar-refractivity contribution in [3.8, 4) is 0 Å². The van der Waals surface area contributed by atoms with Crippen LogP contribution in [-0.2, 0) is 0 Å². The predicted octanol–water partition coefficient (Wildman–Crippen LogP) is 2.63. The van der Waals surface area contributed by atoms with Crippen molar-refractivity contribution in [2.45, 2.75) is 51.0 Å². The highest BCUT2D eigenvalue weighted by molar-refractivity contribution is 6.28. The number of nitrogens with zero attached hydrogens (tertiary/aromatic N) is 3. The van der Waals surface area contributed by atoms with Gasteiger partial charge in [0.25, 0.3) is 0 Å². The molecule has 0 spiro atoms. The van der Waals surface area contributed by atoms with Crippen molar-refractivity contribution in [1.29, 1.82) is 0 Å². The summed E-state index contributed by atoms with van der Waals surface area (Å²) in [5.74, 6) is 0.659. The lowest BCUT2D eigenvalue weighted by molar-refractivity contribution is 0.470. The summed E-state index contributed by atoms with van der Waals surface area (Å²) in [7, 11) is 0. The minimum atomic E-state index is 0.144. The number of nitrogens with two attached hydrogens (primary N) is 1. The lowest BCUT2D eigenvalue weighted by Crippen LogP contribution is -2.22. The molecule has 1 aromatic rings. The lowest BCUT2D eigenvalue weighted by Gasteiger charge is -2.20. The average Bonchev–Trinajstić information content (AvgIpc) is 2.20. The van der Waals surface area contributed by atoms with Crippen molar-refractivity contribution in [3.05, 3.63) is 5.28 Å². The zero-order chi connectivity index (χ0) is 12.1. The summed E-state index contributed by atoms with van der Waals surface area (Å²) in [6.07, 6.45) is 8.82. The standard InChI is InChI=1S/C11H18ClN5/c12-9-15-10(13)17-11(16-9)14-8-6-4-2-1-3-5-7-8/h8H,1-7H2,(H3,13,14,15,16,17). The Bertz CT molecular complexity index is 343. The van der Waals surface area contributed by atoms with Crippen LogP contribution < -0.4 is 11.1 Å². The van der Waals surface area contributed by atoms with E-state index in [9.17, 15) is 0 Å². The number of nitrogens with one attached hydrogen (secondary N) is 1. The van der Waals surface area contributed by atoms with Gasteiger partial charge in [-0.25, -0.2) is 0 Å². The molecule has 0 amide bonds. The van der Waals surface area contributed by atoms with E-state index in [0.29, 0.717) is 12.0 Å². The molecule has 94 valence electrons. The molecule has 0 aromatic carbocycles. The van der Waals surface area contributed by atoms with Crippen molar-refractivity contribution < 1.29 is 0 Å². The summed E-state index contributed by atoms with van der Waals surface area (Å²) in [4.78, 5) is 11.8. The molecule has 3 N–H and O–H groups in total. The van der Waals surface area contributed by atoms with Crippen LogP contribution in [0.2, 0.25) is 5.28 Å². The number of nitrogen functional groups attached to an aromatic ring is 1. The molecule has 1 saturated carbocycles. The fourth-order valence-corrected chi connectivity index (χ4v) is 2.38. The van der Waals surface area contributed by atoms with E-state index in [4.69, 9.17) is 17.3 Å². The number of anilines is 2. The summed E-state index contributed by atoms with van der Waals surface area (Å²) in [5.41, 5.74) is 5.53. The summed E-state index contributed by atoms with van der Waals surface area (Å²) in [6.45, 7) is 0. The fourth-order valence-electron chi connectivity index (χ4n) is 2.21. The first kappa shape index (κ1) is 12.4. The Hall–Kier alpha value is -1.10. The molecule has 0 bridgehead atoms. The highest BCUT2D eigenvalue weighted by Crippen LogP contribution is 2.19. The molecule has 5 nitrogen and oxygen atoms in total. The average molecular weight is 256 g/mol. The zero-order valence-corrected chi connectivity index (χ0v) is 10.6. The molecule has 1 heterocycles. The van der Waals surface area contributed by atoms with Gasteiger partial charge >= 0.3 is 0 Å². The Morgan fingerprint density at radius 2 is 1.65 bits per heavy atom. The first-order valence-electron chi connectivity index (χ1n) is 6.17. The van der Waals surface area contributed by atoms with Crippen molar-refractivity contribution in [2.24, 2.45) is 0 Å². The Balaban J connectivity index is 1.97. The number of rotatable bonds is 2. The topological polar surface area (TPSA) is 76.7 Å². The number of hydrogen-bond donors (Lipinski definition) is 2. The van der Waals surface area contributed by atoms with Gasteiger partial charge in [-0.2, -0.15) is 15.0 Å². The molecular formula is C11H18ClN5. The van der Waals surface area contributed by atoms with E-state index in [2.05, 4.69) is 20.3 Å². The van der Waals surface area contributed by atoms with Gasteiger partial charge in [-0.1, -0.05) is 32.1 Å². The third-order valence-corrected chi connectivity index (χ3v) is 3.23. The van der Waals surface area contributed by atoms with Crippen LogP contribution in [0.15, 0.2) is 0 Å². The van der Waals surface area contributed by atoms with E-state index >= 15 is 0 Å². The van der Waals surface area contributed by atoms with Gasteiger partial charge in [0, 0.05) is 6.04 Å². The third-order valence-electron chi connectivity index (χ3n) is 3.06. The molecule has 6 heteroatoms. The Labute approximate surface area is 106 Å². The van der Waals surface area contributed by atoms with Gasteiger partial charge in [-0.15, -0.1) is 0 Å². The smallest absolute Gasteiger partial charge is 0.229 e.